The minimum Gasteiger partial charge on any atom is -0.358 e. The molecule has 0 aliphatic carbocycles. The Morgan fingerprint density at radius 2 is 2.29 bits per heavy atom. The summed E-state index contributed by atoms with van der Waals surface area (Å²) in [6.45, 7) is 3.04. The van der Waals surface area contributed by atoms with Gasteiger partial charge in [-0.1, -0.05) is 11.6 Å². The van der Waals surface area contributed by atoms with Gasteiger partial charge in [-0.2, -0.15) is 0 Å². The number of benzene rings is 1. The molecule has 0 bridgehead atoms. The van der Waals surface area contributed by atoms with Gasteiger partial charge in [0.2, 0.25) is 0 Å². The van der Waals surface area contributed by atoms with Gasteiger partial charge < -0.3 is 4.98 Å². The van der Waals surface area contributed by atoms with Crippen LogP contribution in [0.5, 0.6) is 0 Å². The highest BCUT2D eigenvalue weighted by Crippen LogP contribution is 2.24. The molecule has 2 heteroatoms. The monoisotopic (exact) mass is 184 g/mol. The minimum atomic E-state index is 0.915. The first-order valence-corrected chi connectivity index (χ1v) is 4.95. The molecule has 2 nitrogen and oxygen atoms in total. The Bertz CT molecular complexity index is 520. The van der Waals surface area contributed by atoms with E-state index >= 15 is 0 Å². The van der Waals surface area contributed by atoms with Crippen LogP contribution in [0.25, 0.3) is 10.9 Å². The molecule has 0 spiro atoms. The van der Waals surface area contributed by atoms with E-state index < -0.39 is 0 Å². The number of aromatic nitrogens is 1. The molecule has 0 saturated carbocycles. The van der Waals surface area contributed by atoms with Crippen molar-refractivity contribution in [3.8, 4) is 0 Å². The van der Waals surface area contributed by atoms with E-state index in [1.165, 1.54) is 27.7 Å². The lowest BCUT2D eigenvalue weighted by Crippen LogP contribution is -2.00. The van der Waals surface area contributed by atoms with Crippen molar-refractivity contribution in [2.24, 2.45) is 4.99 Å². The average molecular weight is 184 g/mol. The van der Waals surface area contributed by atoms with Crippen LogP contribution in [0.15, 0.2) is 23.2 Å². The van der Waals surface area contributed by atoms with Crippen LogP contribution in [-0.4, -0.2) is 17.7 Å². The number of hydrogen-bond acceptors (Lipinski definition) is 1. The van der Waals surface area contributed by atoms with Crippen molar-refractivity contribution < 1.29 is 0 Å². The number of hydrogen-bond donors (Lipinski definition) is 1. The Morgan fingerprint density at radius 3 is 3.21 bits per heavy atom. The first-order chi connectivity index (χ1) is 6.84. The van der Waals surface area contributed by atoms with Crippen molar-refractivity contribution >= 4 is 17.1 Å². The zero-order valence-corrected chi connectivity index (χ0v) is 8.17. The Morgan fingerprint density at radius 1 is 1.36 bits per heavy atom. The summed E-state index contributed by atoms with van der Waals surface area (Å²) in [7, 11) is 0. The molecule has 0 unspecified atom stereocenters. The number of aromatic amines is 1. The fourth-order valence-electron chi connectivity index (χ4n) is 2.06. The molecule has 0 radical (unpaired) electrons. The van der Waals surface area contributed by atoms with E-state index in [0.717, 1.165) is 13.0 Å². The molecule has 14 heavy (non-hydrogen) atoms. The fraction of sp³-hybridized carbons (Fsp3) is 0.250. The summed E-state index contributed by atoms with van der Waals surface area (Å²) in [6, 6.07) is 6.51. The summed E-state index contributed by atoms with van der Waals surface area (Å²) in [4.78, 5) is 7.78. The topological polar surface area (TPSA) is 28.1 Å². The number of fused-ring (bicyclic) bond motifs is 3. The second-order valence-electron chi connectivity index (χ2n) is 3.85. The van der Waals surface area contributed by atoms with Crippen molar-refractivity contribution in [2.75, 3.05) is 6.54 Å². The quantitative estimate of drug-likeness (QED) is 0.651. The van der Waals surface area contributed by atoms with Gasteiger partial charge in [-0.05, 0) is 19.1 Å². The summed E-state index contributed by atoms with van der Waals surface area (Å²) in [5, 5.41) is 1.31. The lowest BCUT2D eigenvalue weighted by atomic mass is 10.1. The van der Waals surface area contributed by atoms with E-state index in [2.05, 4.69) is 35.1 Å². The predicted octanol–water partition coefficient (Wildman–Crippen LogP) is 2.45. The van der Waals surface area contributed by atoms with Crippen LogP contribution in [0.2, 0.25) is 0 Å². The third-order valence-corrected chi connectivity index (χ3v) is 2.79. The van der Waals surface area contributed by atoms with Crippen molar-refractivity contribution in [1.29, 1.82) is 0 Å². The van der Waals surface area contributed by atoms with Crippen molar-refractivity contribution in [3.05, 3.63) is 35.0 Å². The molecule has 0 amide bonds. The lowest BCUT2D eigenvalue weighted by Gasteiger charge is -2.03. The van der Waals surface area contributed by atoms with Crippen LogP contribution in [0.1, 0.15) is 16.8 Å². The van der Waals surface area contributed by atoms with Gasteiger partial charge >= 0.3 is 0 Å². The van der Waals surface area contributed by atoms with Gasteiger partial charge in [0.05, 0.1) is 0 Å². The Balaban J connectivity index is 2.39. The molecular formula is C12H12N2. The van der Waals surface area contributed by atoms with Gasteiger partial charge in [0, 0.05) is 41.3 Å². The molecule has 0 saturated heterocycles. The van der Waals surface area contributed by atoms with E-state index in [1.807, 2.05) is 6.21 Å². The summed E-state index contributed by atoms with van der Waals surface area (Å²) in [6.07, 6.45) is 3.04. The first kappa shape index (κ1) is 7.80. The Labute approximate surface area is 82.7 Å². The molecule has 1 aliphatic heterocycles. The third kappa shape index (κ3) is 1.00. The minimum absolute atomic E-state index is 0.915. The average Bonchev–Trinajstić information content (AvgIpc) is 2.56. The summed E-state index contributed by atoms with van der Waals surface area (Å²) >= 11 is 0. The highest BCUT2D eigenvalue weighted by Gasteiger charge is 2.11. The molecule has 70 valence electrons. The highest BCUT2D eigenvalue weighted by atomic mass is 14.8. The standard InChI is InChI=1S/C12H12N2/c1-8-2-3-11-9(6-8)10-7-13-5-4-12(10)14-11/h2-3,6-7,14H,4-5H2,1H3. The van der Waals surface area contributed by atoms with Crippen LogP contribution < -0.4 is 0 Å². The van der Waals surface area contributed by atoms with Gasteiger partial charge in [0.1, 0.15) is 0 Å². The molecular weight excluding hydrogens is 172 g/mol. The van der Waals surface area contributed by atoms with E-state index in [-0.39, 0.29) is 0 Å². The lowest BCUT2D eigenvalue weighted by molar-refractivity contribution is 0.925. The normalized spacial score (nSPS) is 14.6. The largest absolute Gasteiger partial charge is 0.358 e. The fourth-order valence-corrected chi connectivity index (χ4v) is 2.06. The summed E-state index contributed by atoms with van der Waals surface area (Å²) < 4.78 is 0. The number of H-pyrrole nitrogens is 1. The maximum Gasteiger partial charge on any atom is 0.0463 e. The second-order valence-corrected chi connectivity index (χ2v) is 3.85. The zero-order valence-electron chi connectivity index (χ0n) is 8.17. The van der Waals surface area contributed by atoms with Crippen LogP contribution in [0, 0.1) is 6.92 Å². The van der Waals surface area contributed by atoms with Gasteiger partial charge in [0.15, 0.2) is 0 Å². The maximum atomic E-state index is 4.33. The first-order valence-electron chi connectivity index (χ1n) is 4.95. The molecule has 1 N–H and O–H groups in total. The molecule has 2 heterocycles. The predicted molar refractivity (Wildman–Crippen MR) is 59.2 cm³/mol. The molecule has 3 rings (SSSR count). The summed E-state index contributed by atoms with van der Waals surface area (Å²) in [5.74, 6) is 0. The number of nitrogens with zero attached hydrogens (tertiary/aromatic N) is 1. The number of aryl methyl sites for hydroxylation is 1. The van der Waals surface area contributed by atoms with E-state index in [4.69, 9.17) is 0 Å². The van der Waals surface area contributed by atoms with Crippen molar-refractivity contribution in [1.82, 2.24) is 4.98 Å². The van der Waals surface area contributed by atoms with Crippen LogP contribution in [0.3, 0.4) is 0 Å². The molecule has 1 aromatic heterocycles. The number of aliphatic imine (C=N–C) groups is 1. The SMILES string of the molecule is Cc1ccc2[nH]c3c(c2c1)C=NCC3. The molecule has 1 aliphatic rings. The smallest absolute Gasteiger partial charge is 0.0463 e. The van der Waals surface area contributed by atoms with Crippen LogP contribution >= 0.6 is 0 Å². The van der Waals surface area contributed by atoms with E-state index in [9.17, 15) is 0 Å². The number of rotatable bonds is 0. The van der Waals surface area contributed by atoms with Gasteiger partial charge in [-0.15, -0.1) is 0 Å². The molecule has 2 aromatic rings. The van der Waals surface area contributed by atoms with Gasteiger partial charge in [0.25, 0.3) is 0 Å². The Hall–Kier alpha value is -1.57. The summed E-state index contributed by atoms with van der Waals surface area (Å²) in [5.41, 5.74) is 5.16. The van der Waals surface area contributed by atoms with E-state index in [0.29, 0.717) is 0 Å². The van der Waals surface area contributed by atoms with Crippen LogP contribution in [-0.2, 0) is 6.42 Å². The van der Waals surface area contributed by atoms with Gasteiger partial charge in [-0.25, -0.2) is 0 Å². The molecule has 1 aromatic carbocycles. The number of nitrogens with one attached hydrogen (secondary N) is 1. The van der Waals surface area contributed by atoms with Gasteiger partial charge in [-0.3, -0.25) is 4.99 Å². The maximum absolute atomic E-state index is 4.33. The van der Waals surface area contributed by atoms with Crippen molar-refractivity contribution in [3.63, 3.8) is 0 Å². The zero-order chi connectivity index (χ0) is 9.54. The van der Waals surface area contributed by atoms with E-state index in [1.54, 1.807) is 0 Å². The molecule has 0 atom stereocenters. The third-order valence-electron chi connectivity index (χ3n) is 2.79. The second kappa shape index (κ2) is 2.71. The Kier molecular flexibility index (Phi) is 1.51. The van der Waals surface area contributed by atoms with Crippen LogP contribution in [0.4, 0.5) is 0 Å². The van der Waals surface area contributed by atoms with Crippen molar-refractivity contribution in [2.45, 2.75) is 13.3 Å². The molecule has 0 fully saturated rings. The highest BCUT2D eigenvalue weighted by molar-refractivity contribution is 6.01.